The normalized spacial score (nSPS) is 10.6. The molecule has 1 heteroatoms. The molecule has 0 radical (unpaired) electrons. The minimum atomic E-state index is 0. The Labute approximate surface area is 172 Å². The van der Waals surface area contributed by atoms with Gasteiger partial charge in [-0.3, -0.25) is 0 Å². The molecule has 0 rings (SSSR count). The molecule has 0 spiro atoms. The van der Waals surface area contributed by atoms with Gasteiger partial charge in [-0.25, -0.2) is 0 Å². The molecular weight excluding hydrogens is 292 g/mol. The molecule has 0 unspecified atom stereocenters. The van der Waals surface area contributed by atoms with E-state index in [1.807, 2.05) is 0 Å². The summed E-state index contributed by atoms with van der Waals surface area (Å²) in [7, 11) is 0. The van der Waals surface area contributed by atoms with Crippen molar-refractivity contribution in [2.24, 2.45) is 0 Å². The first-order valence-corrected chi connectivity index (χ1v) is 10.4. The van der Waals surface area contributed by atoms with E-state index in [0.717, 1.165) is 0 Å². The van der Waals surface area contributed by atoms with Gasteiger partial charge >= 0.3 is 37.7 Å². The Morgan fingerprint density at radius 1 is 0.273 bits per heavy atom. The Morgan fingerprint density at radius 3 is 0.545 bits per heavy atom. The van der Waals surface area contributed by atoms with Crippen LogP contribution in [0.25, 0.3) is 0 Å². The van der Waals surface area contributed by atoms with E-state index < -0.39 is 0 Å². The van der Waals surface area contributed by atoms with Gasteiger partial charge in [-0.15, -0.1) is 0 Å². The maximum absolute atomic E-state index is 2.30. The standard InChI is InChI=1S/C21H44.Ca.2H/c1-3-5-7-9-11-13-15-17-19-21-20-18-16-14-12-10-8-6-4-2;;;/h3-21H2,1-2H3;;;. The Balaban J connectivity index is 0. The third-order valence-corrected chi connectivity index (χ3v) is 4.71. The van der Waals surface area contributed by atoms with Gasteiger partial charge in [0.05, 0.1) is 0 Å². The van der Waals surface area contributed by atoms with Gasteiger partial charge < -0.3 is 0 Å². The molecule has 0 N–H and O–H groups in total. The number of unbranched alkanes of at least 4 members (excludes halogenated alkanes) is 18. The minimum absolute atomic E-state index is 0. The van der Waals surface area contributed by atoms with E-state index in [1.54, 1.807) is 0 Å². The molecule has 0 aliphatic carbocycles. The molecule has 0 aliphatic rings. The van der Waals surface area contributed by atoms with Gasteiger partial charge in [0.25, 0.3) is 0 Å². The molecule has 0 fully saturated rings. The van der Waals surface area contributed by atoms with Crippen LogP contribution in [0.2, 0.25) is 0 Å². The Kier molecular flexibility index (Phi) is 28.4. The number of hydrogen-bond donors (Lipinski definition) is 0. The van der Waals surface area contributed by atoms with Gasteiger partial charge in [0.2, 0.25) is 0 Å². The summed E-state index contributed by atoms with van der Waals surface area (Å²) in [6.45, 7) is 4.60. The van der Waals surface area contributed by atoms with Crippen LogP contribution in [0.1, 0.15) is 136 Å². The van der Waals surface area contributed by atoms with E-state index in [1.165, 1.54) is 122 Å². The molecule has 132 valence electrons. The monoisotopic (exact) mass is 338 g/mol. The summed E-state index contributed by atoms with van der Waals surface area (Å²) in [5, 5.41) is 0. The first-order chi connectivity index (χ1) is 10.4. The van der Waals surface area contributed by atoms with Gasteiger partial charge in [-0.2, -0.15) is 0 Å². The van der Waals surface area contributed by atoms with E-state index in [2.05, 4.69) is 13.8 Å². The quantitative estimate of drug-likeness (QED) is 0.179. The first-order valence-electron chi connectivity index (χ1n) is 10.4. The summed E-state index contributed by atoms with van der Waals surface area (Å²) in [4.78, 5) is 0. The average molecular weight is 339 g/mol. The van der Waals surface area contributed by atoms with E-state index in [-0.39, 0.29) is 37.7 Å². The van der Waals surface area contributed by atoms with Crippen LogP contribution in [-0.2, 0) is 0 Å². The van der Waals surface area contributed by atoms with Gasteiger partial charge in [0, 0.05) is 0 Å². The first kappa shape index (κ1) is 25.5. The predicted molar refractivity (Wildman–Crippen MR) is 108 cm³/mol. The summed E-state index contributed by atoms with van der Waals surface area (Å²) in [6, 6.07) is 0. The van der Waals surface area contributed by atoms with Crippen molar-refractivity contribution < 1.29 is 0 Å². The molecule has 0 bridgehead atoms. The third-order valence-electron chi connectivity index (χ3n) is 4.71. The molecule has 0 atom stereocenters. The predicted octanol–water partition coefficient (Wildman–Crippen LogP) is 7.52. The molecule has 0 aromatic heterocycles. The summed E-state index contributed by atoms with van der Waals surface area (Å²) in [6.07, 6.45) is 27.9. The zero-order chi connectivity index (χ0) is 15.4. The molecule has 22 heavy (non-hydrogen) atoms. The van der Waals surface area contributed by atoms with Crippen molar-refractivity contribution in [1.29, 1.82) is 0 Å². The zero-order valence-corrected chi connectivity index (χ0v) is 15.4. The second kappa shape index (κ2) is 24.5. The van der Waals surface area contributed by atoms with E-state index in [9.17, 15) is 0 Å². The fourth-order valence-electron chi connectivity index (χ4n) is 3.15. The van der Waals surface area contributed by atoms with Gasteiger partial charge in [-0.1, -0.05) is 136 Å². The van der Waals surface area contributed by atoms with Crippen LogP contribution in [0.3, 0.4) is 0 Å². The van der Waals surface area contributed by atoms with E-state index >= 15 is 0 Å². The molecular formula is C21H46Ca. The van der Waals surface area contributed by atoms with Gasteiger partial charge in [0.1, 0.15) is 0 Å². The van der Waals surface area contributed by atoms with Crippen molar-refractivity contribution in [3.63, 3.8) is 0 Å². The van der Waals surface area contributed by atoms with Crippen LogP contribution < -0.4 is 0 Å². The number of rotatable bonds is 18. The van der Waals surface area contributed by atoms with Gasteiger partial charge in [-0.05, 0) is 0 Å². The van der Waals surface area contributed by atoms with Crippen LogP contribution in [0.5, 0.6) is 0 Å². The average Bonchev–Trinajstić information content (AvgIpc) is 2.50. The van der Waals surface area contributed by atoms with E-state index in [0.29, 0.717) is 0 Å². The molecule has 0 saturated heterocycles. The van der Waals surface area contributed by atoms with Crippen molar-refractivity contribution in [1.82, 2.24) is 0 Å². The molecule has 0 saturated carbocycles. The van der Waals surface area contributed by atoms with Crippen LogP contribution in [0, 0.1) is 0 Å². The van der Waals surface area contributed by atoms with Crippen LogP contribution in [0.15, 0.2) is 0 Å². The summed E-state index contributed by atoms with van der Waals surface area (Å²) in [5.41, 5.74) is 0. The summed E-state index contributed by atoms with van der Waals surface area (Å²) in [5.74, 6) is 0. The second-order valence-corrected chi connectivity index (χ2v) is 7.01. The van der Waals surface area contributed by atoms with Crippen molar-refractivity contribution in [2.75, 3.05) is 0 Å². The SMILES string of the molecule is CCCCCCCCCCCCCCCCCCCCC.[CaH2]. The molecule has 0 aromatic carbocycles. The third kappa shape index (κ3) is 23.5. The van der Waals surface area contributed by atoms with Gasteiger partial charge in [0.15, 0.2) is 0 Å². The second-order valence-electron chi connectivity index (χ2n) is 7.01. The molecule has 0 nitrogen and oxygen atoms in total. The van der Waals surface area contributed by atoms with Crippen molar-refractivity contribution in [3.05, 3.63) is 0 Å². The fourth-order valence-corrected chi connectivity index (χ4v) is 3.15. The topological polar surface area (TPSA) is 0 Å². The fraction of sp³-hybridized carbons (Fsp3) is 1.00. The van der Waals surface area contributed by atoms with Crippen molar-refractivity contribution in [2.45, 2.75) is 136 Å². The Morgan fingerprint density at radius 2 is 0.409 bits per heavy atom. The Bertz CT molecular complexity index is 149. The number of hydrogen-bond acceptors (Lipinski definition) is 0. The summed E-state index contributed by atoms with van der Waals surface area (Å²) >= 11 is 0. The molecule has 0 amide bonds. The van der Waals surface area contributed by atoms with Crippen LogP contribution in [-0.4, -0.2) is 37.7 Å². The van der Waals surface area contributed by atoms with Crippen LogP contribution >= 0.6 is 0 Å². The van der Waals surface area contributed by atoms with Crippen molar-refractivity contribution in [3.8, 4) is 0 Å². The molecule has 0 aliphatic heterocycles. The molecule has 0 aromatic rings. The summed E-state index contributed by atoms with van der Waals surface area (Å²) < 4.78 is 0. The van der Waals surface area contributed by atoms with Crippen molar-refractivity contribution >= 4 is 37.7 Å². The van der Waals surface area contributed by atoms with E-state index in [4.69, 9.17) is 0 Å². The zero-order valence-electron chi connectivity index (χ0n) is 15.4. The maximum atomic E-state index is 2.30. The van der Waals surface area contributed by atoms with Crippen LogP contribution in [0.4, 0.5) is 0 Å². The molecule has 0 heterocycles. The Hall–Kier alpha value is 1.26.